The molecule has 0 bridgehead atoms. The first-order chi connectivity index (χ1) is 6.02. The molecule has 13 heavy (non-hydrogen) atoms. The standard InChI is InChI=1S/C10H18N2O/c1-10(2,9(11)13)12-8-6-4-3-5-7-8/h4,6,8,12H,3,5,7H2,1-2H3,(H2,11,13). The van der Waals surface area contributed by atoms with E-state index in [1.165, 1.54) is 6.42 Å². The van der Waals surface area contributed by atoms with Gasteiger partial charge in [0.1, 0.15) is 0 Å². The van der Waals surface area contributed by atoms with Gasteiger partial charge in [0.2, 0.25) is 5.91 Å². The van der Waals surface area contributed by atoms with E-state index >= 15 is 0 Å². The summed E-state index contributed by atoms with van der Waals surface area (Å²) in [6.45, 7) is 3.63. The molecule has 1 unspecified atom stereocenters. The van der Waals surface area contributed by atoms with E-state index in [-0.39, 0.29) is 5.91 Å². The lowest BCUT2D eigenvalue weighted by Crippen LogP contribution is -2.54. The Morgan fingerprint density at radius 1 is 1.62 bits per heavy atom. The molecule has 1 rings (SSSR count). The maximum atomic E-state index is 11.0. The predicted molar refractivity (Wildman–Crippen MR) is 53.2 cm³/mol. The van der Waals surface area contributed by atoms with E-state index in [0.717, 1.165) is 12.8 Å². The summed E-state index contributed by atoms with van der Waals surface area (Å²) in [5.74, 6) is -0.300. The van der Waals surface area contributed by atoms with Crippen LogP contribution in [-0.4, -0.2) is 17.5 Å². The van der Waals surface area contributed by atoms with Crippen LogP contribution < -0.4 is 11.1 Å². The molecule has 0 aliphatic heterocycles. The van der Waals surface area contributed by atoms with Gasteiger partial charge in [0.15, 0.2) is 0 Å². The Bertz CT molecular complexity index is 221. The largest absolute Gasteiger partial charge is 0.368 e. The second-order valence-electron chi connectivity index (χ2n) is 4.10. The van der Waals surface area contributed by atoms with Crippen molar-refractivity contribution in [2.75, 3.05) is 0 Å². The highest BCUT2D eigenvalue weighted by molar-refractivity contribution is 5.83. The van der Waals surface area contributed by atoms with Crippen LogP contribution in [0.15, 0.2) is 12.2 Å². The summed E-state index contributed by atoms with van der Waals surface area (Å²) in [7, 11) is 0. The Hall–Kier alpha value is -0.830. The number of nitrogens with two attached hydrogens (primary N) is 1. The number of hydrogen-bond acceptors (Lipinski definition) is 2. The number of nitrogens with one attached hydrogen (secondary N) is 1. The van der Waals surface area contributed by atoms with E-state index in [9.17, 15) is 4.79 Å². The summed E-state index contributed by atoms with van der Waals surface area (Å²) in [4.78, 5) is 11.0. The number of primary amides is 1. The fourth-order valence-electron chi connectivity index (χ4n) is 1.47. The molecule has 0 aromatic rings. The van der Waals surface area contributed by atoms with E-state index in [1.54, 1.807) is 0 Å². The van der Waals surface area contributed by atoms with Crippen LogP contribution in [0.1, 0.15) is 33.1 Å². The molecule has 1 aliphatic rings. The van der Waals surface area contributed by atoms with Gasteiger partial charge in [0.05, 0.1) is 5.54 Å². The van der Waals surface area contributed by atoms with Crippen LogP contribution in [0.3, 0.4) is 0 Å². The highest BCUT2D eigenvalue weighted by Gasteiger charge is 2.27. The van der Waals surface area contributed by atoms with E-state index in [1.807, 2.05) is 13.8 Å². The topological polar surface area (TPSA) is 55.1 Å². The maximum absolute atomic E-state index is 11.0. The summed E-state index contributed by atoms with van der Waals surface area (Å²) in [6.07, 6.45) is 7.69. The van der Waals surface area contributed by atoms with Crippen LogP contribution in [0.2, 0.25) is 0 Å². The molecule has 0 heterocycles. The molecule has 1 amide bonds. The lowest BCUT2D eigenvalue weighted by atomic mass is 9.97. The molecule has 3 N–H and O–H groups in total. The normalized spacial score (nSPS) is 23.1. The molecule has 0 aromatic carbocycles. The number of carbonyl (C=O) groups excluding carboxylic acids is 1. The SMILES string of the molecule is CC(C)(NC1C=CCCC1)C(N)=O. The van der Waals surface area contributed by atoms with E-state index in [2.05, 4.69) is 17.5 Å². The molecular weight excluding hydrogens is 164 g/mol. The van der Waals surface area contributed by atoms with Crippen molar-refractivity contribution in [2.45, 2.75) is 44.7 Å². The lowest BCUT2D eigenvalue weighted by molar-refractivity contribution is -0.123. The first kappa shape index (κ1) is 10.3. The molecule has 74 valence electrons. The molecular formula is C10H18N2O. The molecule has 1 atom stereocenters. The average Bonchev–Trinajstić information content (AvgIpc) is 2.05. The summed E-state index contributed by atoms with van der Waals surface area (Å²) in [5.41, 5.74) is 4.66. The van der Waals surface area contributed by atoms with Gasteiger partial charge < -0.3 is 5.73 Å². The maximum Gasteiger partial charge on any atom is 0.237 e. The lowest BCUT2D eigenvalue weighted by Gasteiger charge is -2.28. The van der Waals surface area contributed by atoms with E-state index in [4.69, 9.17) is 5.73 Å². The smallest absolute Gasteiger partial charge is 0.237 e. The Morgan fingerprint density at radius 3 is 2.77 bits per heavy atom. The van der Waals surface area contributed by atoms with E-state index in [0.29, 0.717) is 6.04 Å². The van der Waals surface area contributed by atoms with Crippen molar-refractivity contribution in [2.24, 2.45) is 5.73 Å². The zero-order chi connectivity index (χ0) is 9.90. The van der Waals surface area contributed by atoms with Gasteiger partial charge in [-0.1, -0.05) is 12.2 Å². The molecule has 0 saturated heterocycles. The van der Waals surface area contributed by atoms with Crippen molar-refractivity contribution in [3.8, 4) is 0 Å². The predicted octanol–water partition coefficient (Wildman–Crippen LogP) is 0.949. The second kappa shape index (κ2) is 3.92. The van der Waals surface area contributed by atoms with Gasteiger partial charge in [-0.05, 0) is 33.1 Å². The highest BCUT2D eigenvalue weighted by Crippen LogP contribution is 2.13. The first-order valence-corrected chi connectivity index (χ1v) is 4.76. The van der Waals surface area contributed by atoms with Gasteiger partial charge >= 0.3 is 0 Å². The molecule has 0 radical (unpaired) electrons. The van der Waals surface area contributed by atoms with E-state index < -0.39 is 5.54 Å². The van der Waals surface area contributed by atoms with Crippen LogP contribution in [0.4, 0.5) is 0 Å². The first-order valence-electron chi connectivity index (χ1n) is 4.76. The minimum absolute atomic E-state index is 0.300. The minimum Gasteiger partial charge on any atom is -0.368 e. The van der Waals surface area contributed by atoms with Crippen LogP contribution >= 0.6 is 0 Å². The molecule has 0 aromatic heterocycles. The molecule has 1 aliphatic carbocycles. The van der Waals surface area contributed by atoms with Crippen LogP contribution in [0.5, 0.6) is 0 Å². The van der Waals surface area contributed by atoms with Crippen molar-refractivity contribution in [3.63, 3.8) is 0 Å². The molecule has 0 spiro atoms. The van der Waals surface area contributed by atoms with Crippen LogP contribution in [-0.2, 0) is 4.79 Å². The fraction of sp³-hybridized carbons (Fsp3) is 0.700. The van der Waals surface area contributed by atoms with Gasteiger partial charge in [0.25, 0.3) is 0 Å². The van der Waals surface area contributed by atoms with Crippen molar-refractivity contribution in [1.29, 1.82) is 0 Å². The molecule has 0 saturated carbocycles. The Labute approximate surface area is 79.4 Å². The Morgan fingerprint density at radius 2 is 2.31 bits per heavy atom. The molecule has 0 fully saturated rings. The number of amides is 1. The third kappa shape index (κ3) is 2.84. The van der Waals surface area contributed by atoms with Gasteiger partial charge in [-0.25, -0.2) is 0 Å². The Kier molecular flexibility index (Phi) is 3.09. The third-order valence-corrected chi connectivity index (χ3v) is 2.42. The van der Waals surface area contributed by atoms with Gasteiger partial charge in [-0.2, -0.15) is 0 Å². The summed E-state index contributed by atoms with van der Waals surface area (Å²) >= 11 is 0. The van der Waals surface area contributed by atoms with Gasteiger partial charge in [0, 0.05) is 6.04 Å². The van der Waals surface area contributed by atoms with Gasteiger partial charge in [-0.3, -0.25) is 10.1 Å². The average molecular weight is 182 g/mol. The zero-order valence-corrected chi connectivity index (χ0v) is 8.34. The summed E-state index contributed by atoms with van der Waals surface area (Å²) in [5, 5.41) is 3.23. The number of hydrogen-bond donors (Lipinski definition) is 2. The van der Waals surface area contributed by atoms with Gasteiger partial charge in [-0.15, -0.1) is 0 Å². The highest BCUT2D eigenvalue weighted by atomic mass is 16.1. The Balaban J connectivity index is 2.51. The minimum atomic E-state index is -0.605. The van der Waals surface area contributed by atoms with Crippen LogP contribution in [0.25, 0.3) is 0 Å². The van der Waals surface area contributed by atoms with Crippen molar-refractivity contribution in [1.82, 2.24) is 5.32 Å². The van der Waals surface area contributed by atoms with Crippen molar-refractivity contribution < 1.29 is 4.79 Å². The number of rotatable bonds is 3. The number of carbonyl (C=O) groups is 1. The fourth-order valence-corrected chi connectivity index (χ4v) is 1.47. The monoisotopic (exact) mass is 182 g/mol. The summed E-state index contributed by atoms with van der Waals surface area (Å²) in [6, 6.07) is 0.302. The number of allylic oxidation sites excluding steroid dienone is 1. The molecule has 3 nitrogen and oxygen atoms in total. The second-order valence-corrected chi connectivity index (χ2v) is 4.10. The molecule has 3 heteroatoms. The van der Waals surface area contributed by atoms with Crippen molar-refractivity contribution >= 4 is 5.91 Å². The van der Waals surface area contributed by atoms with Crippen molar-refractivity contribution in [3.05, 3.63) is 12.2 Å². The van der Waals surface area contributed by atoms with Crippen LogP contribution in [0, 0.1) is 0 Å². The summed E-state index contributed by atoms with van der Waals surface area (Å²) < 4.78 is 0. The third-order valence-electron chi connectivity index (χ3n) is 2.42. The zero-order valence-electron chi connectivity index (χ0n) is 8.34. The quantitative estimate of drug-likeness (QED) is 0.638.